The zero-order valence-corrected chi connectivity index (χ0v) is 17.0. The number of hydrogen-bond acceptors (Lipinski definition) is 5. The molecule has 0 aromatic carbocycles. The van der Waals surface area contributed by atoms with Gasteiger partial charge in [0.05, 0.1) is 12.3 Å². The van der Waals surface area contributed by atoms with Gasteiger partial charge in [-0.2, -0.15) is 5.10 Å². The molecule has 0 amide bonds. The zero-order valence-electron chi connectivity index (χ0n) is 17.0. The lowest BCUT2D eigenvalue weighted by Crippen LogP contribution is -2.50. The highest BCUT2D eigenvalue weighted by molar-refractivity contribution is 6.00. The number of nitrogens with zero attached hydrogens (tertiary/aromatic N) is 3. The predicted molar refractivity (Wildman–Crippen MR) is 114 cm³/mol. The summed E-state index contributed by atoms with van der Waals surface area (Å²) < 4.78 is 5.56. The minimum atomic E-state index is 0.0227. The van der Waals surface area contributed by atoms with Gasteiger partial charge in [0, 0.05) is 43.9 Å². The molecule has 2 heterocycles. The highest BCUT2D eigenvalue weighted by atomic mass is 16.5. The fraction of sp³-hybridized carbons (Fsp3) is 0.455. The number of likely N-dealkylation sites (tertiary alicyclic amines) is 1. The average Bonchev–Trinajstić information content (AvgIpc) is 3.10. The molecule has 0 bridgehead atoms. The molecule has 1 aromatic heterocycles. The molecule has 2 rings (SSSR count). The average molecular weight is 383 g/mol. The second-order valence-electron chi connectivity index (χ2n) is 7.04. The number of rotatable bonds is 11. The normalized spacial score (nSPS) is 16.1. The highest BCUT2D eigenvalue weighted by Crippen LogP contribution is 2.22. The van der Waals surface area contributed by atoms with Crippen LogP contribution in [0.25, 0.3) is 6.08 Å². The van der Waals surface area contributed by atoms with Crippen LogP contribution in [0.3, 0.4) is 0 Å². The Hall–Kier alpha value is -2.53. The summed E-state index contributed by atoms with van der Waals surface area (Å²) in [6, 6.07) is 0. The van der Waals surface area contributed by atoms with E-state index < -0.39 is 0 Å². The van der Waals surface area contributed by atoms with Gasteiger partial charge in [-0.15, -0.1) is 0 Å². The molecule has 6 heteroatoms. The Morgan fingerprint density at radius 2 is 2.29 bits per heavy atom. The number of ketones is 1. The molecule has 1 saturated heterocycles. The second-order valence-corrected chi connectivity index (χ2v) is 7.04. The van der Waals surface area contributed by atoms with Crippen molar-refractivity contribution in [3.8, 4) is 0 Å². The third-order valence-corrected chi connectivity index (χ3v) is 4.43. The summed E-state index contributed by atoms with van der Waals surface area (Å²) in [5.41, 5.74) is 2.24. The maximum atomic E-state index is 12.8. The lowest BCUT2D eigenvalue weighted by Gasteiger charge is -2.38. The number of aliphatic imine (C=N–C) groups is 1. The van der Waals surface area contributed by atoms with E-state index >= 15 is 0 Å². The third-order valence-electron chi connectivity index (χ3n) is 4.43. The van der Waals surface area contributed by atoms with E-state index in [4.69, 9.17) is 4.74 Å². The molecule has 1 aromatic rings. The van der Waals surface area contributed by atoms with Crippen LogP contribution in [-0.4, -0.2) is 59.1 Å². The first-order valence-corrected chi connectivity index (χ1v) is 9.69. The molecule has 1 fully saturated rings. The van der Waals surface area contributed by atoms with E-state index in [2.05, 4.69) is 32.5 Å². The summed E-state index contributed by atoms with van der Waals surface area (Å²) in [6.45, 7) is 12.8. The molecule has 150 valence electrons. The van der Waals surface area contributed by atoms with Gasteiger partial charge in [-0.1, -0.05) is 24.3 Å². The van der Waals surface area contributed by atoms with Crippen molar-refractivity contribution in [2.45, 2.75) is 33.3 Å². The summed E-state index contributed by atoms with van der Waals surface area (Å²) in [7, 11) is 0. The largest absolute Gasteiger partial charge is 0.379 e. The molecule has 0 radical (unpaired) electrons. The summed E-state index contributed by atoms with van der Waals surface area (Å²) in [5.74, 6) is 2.62. The smallest absolute Gasteiger partial charge is 0.186 e. The summed E-state index contributed by atoms with van der Waals surface area (Å²) in [4.78, 5) is 19.0. The van der Waals surface area contributed by atoms with Gasteiger partial charge in [-0.05, 0) is 45.2 Å². The molecule has 28 heavy (non-hydrogen) atoms. The van der Waals surface area contributed by atoms with E-state index in [-0.39, 0.29) is 17.8 Å². The molecular weight excluding hydrogens is 352 g/mol. The Morgan fingerprint density at radius 1 is 1.50 bits per heavy atom. The van der Waals surface area contributed by atoms with Crippen molar-refractivity contribution in [1.29, 1.82) is 0 Å². The van der Waals surface area contributed by atoms with Gasteiger partial charge in [0.15, 0.2) is 5.78 Å². The molecule has 0 atom stereocenters. The molecule has 1 N–H and O–H groups in total. The third kappa shape index (κ3) is 6.57. The summed E-state index contributed by atoms with van der Waals surface area (Å²) in [6.07, 6.45) is 12.2. The molecule has 1 aliphatic heterocycles. The number of aromatic amines is 1. The SMILES string of the molecule is C=C=N/C=C(\C=C/C)/C=C/c1cn[nH]c1C(=O)C1CN(CCCOC(C)C)C1. The van der Waals surface area contributed by atoms with Gasteiger partial charge in [-0.25, -0.2) is 4.99 Å². The number of carbonyl (C=O) groups is 1. The van der Waals surface area contributed by atoms with Crippen molar-refractivity contribution in [1.82, 2.24) is 15.1 Å². The van der Waals surface area contributed by atoms with E-state index in [9.17, 15) is 4.79 Å². The van der Waals surface area contributed by atoms with Crippen LogP contribution in [0.15, 0.2) is 47.8 Å². The Balaban J connectivity index is 1.90. The van der Waals surface area contributed by atoms with Crippen LogP contribution < -0.4 is 0 Å². The van der Waals surface area contributed by atoms with E-state index in [0.29, 0.717) is 5.69 Å². The molecule has 0 unspecified atom stereocenters. The number of allylic oxidation sites excluding steroid dienone is 4. The van der Waals surface area contributed by atoms with Crippen molar-refractivity contribution < 1.29 is 9.53 Å². The Kier molecular flexibility index (Phi) is 8.82. The molecule has 0 spiro atoms. The molecular formula is C22H30N4O2. The van der Waals surface area contributed by atoms with E-state index in [1.54, 1.807) is 12.4 Å². The summed E-state index contributed by atoms with van der Waals surface area (Å²) >= 11 is 0. The fourth-order valence-electron chi connectivity index (χ4n) is 2.99. The Bertz CT molecular complexity index is 776. The van der Waals surface area contributed by atoms with Gasteiger partial charge >= 0.3 is 0 Å². The number of Topliss-reactive ketones (excluding diaryl/α,β-unsaturated/α-hetero) is 1. The van der Waals surface area contributed by atoms with Gasteiger partial charge in [0.2, 0.25) is 0 Å². The fourth-order valence-corrected chi connectivity index (χ4v) is 2.99. The lowest BCUT2D eigenvalue weighted by atomic mass is 9.91. The molecule has 0 saturated carbocycles. The van der Waals surface area contributed by atoms with Crippen molar-refractivity contribution >= 4 is 17.7 Å². The number of H-pyrrole nitrogens is 1. The van der Waals surface area contributed by atoms with Crippen molar-refractivity contribution in [3.63, 3.8) is 0 Å². The van der Waals surface area contributed by atoms with Crippen LogP contribution >= 0.6 is 0 Å². The number of carbonyl (C=O) groups excluding carboxylic acids is 1. The van der Waals surface area contributed by atoms with Gasteiger partial charge in [0.1, 0.15) is 5.69 Å². The van der Waals surface area contributed by atoms with Crippen LogP contribution in [0.5, 0.6) is 0 Å². The van der Waals surface area contributed by atoms with Crippen molar-refractivity contribution in [2.24, 2.45) is 10.9 Å². The maximum absolute atomic E-state index is 12.8. The minimum Gasteiger partial charge on any atom is -0.379 e. The van der Waals surface area contributed by atoms with Crippen LogP contribution in [0.1, 0.15) is 43.2 Å². The highest BCUT2D eigenvalue weighted by Gasteiger charge is 2.34. The van der Waals surface area contributed by atoms with Crippen LogP contribution in [-0.2, 0) is 4.74 Å². The predicted octanol–water partition coefficient (Wildman–Crippen LogP) is 3.67. The lowest BCUT2D eigenvalue weighted by molar-refractivity contribution is 0.0457. The number of hydrogen-bond donors (Lipinski definition) is 1. The van der Waals surface area contributed by atoms with E-state index in [0.717, 1.165) is 43.8 Å². The Labute approximate surface area is 167 Å². The first-order chi connectivity index (χ1) is 13.5. The quantitative estimate of drug-likeness (QED) is 0.274. The minimum absolute atomic E-state index is 0.0227. The first kappa shape index (κ1) is 21.8. The molecule has 6 nitrogen and oxygen atoms in total. The van der Waals surface area contributed by atoms with Gasteiger partial charge in [-0.3, -0.25) is 9.89 Å². The number of aromatic nitrogens is 2. The van der Waals surface area contributed by atoms with E-state index in [1.807, 2.05) is 45.1 Å². The van der Waals surface area contributed by atoms with Crippen molar-refractivity contribution in [2.75, 3.05) is 26.2 Å². The van der Waals surface area contributed by atoms with Crippen LogP contribution in [0.2, 0.25) is 0 Å². The molecule has 1 aliphatic rings. The van der Waals surface area contributed by atoms with Crippen molar-refractivity contribution in [3.05, 3.63) is 54.0 Å². The Morgan fingerprint density at radius 3 is 2.96 bits per heavy atom. The standard InChI is InChI=1S/C22H30N4O2/c1-5-8-18(13-23-6-2)9-10-19-14-24-25-21(19)22(27)20-15-26(16-20)11-7-12-28-17(3)4/h5,8-10,13-14,17,20H,2,7,11-12,15-16H2,1,3-4H3,(H,24,25)/b8-5-,10-9+,18-13+. The van der Waals surface area contributed by atoms with Gasteiger partial charge < -0.3 is 9.64 Å². The number of nitrogens with one attached hydrogen (secondary N) is 1. The van der Waals surface area contributed by atoms with Crippen LogP contribution in [0, 0.1) is 5.92 Å². The van der Waals surface area contributed by atoms with Crippen LogP contribution in [0.4, 0.5) is 0 Å². The first-order valence-electron chi connectivity index (χ1n) is 9.69. The zero-order chi connectivity index (χ0) is 20.4. The van der Waals surface area contributed by atoms with E-state index in [1.165, 1.54) is 0 Å². The monoisotopic (exact) mass is 382 g/mol. The topological polar surface area (TPSA) is 70.6 Å². The maximum Gasteiger partial charge on any atom is 0.186 e. The number of ether oxygens (including phenoxy) is 1. The van der Waals surface area contributed by atoms with Gasteiger partial charge in [0.25, 0.3) is 0 Å². The summed E-state index contributed by atoms with van der Waals surface area (Å²) in [5, 5.41) is 6.92. The second kappa shape index (κ2) is 11.3. The molecule has 0 aliphatic carbocycles.